The number of alkyl carbamates (subject to hydrolysis) is 1. The van der Waals surface area contributed by atoms with Crippen molar-refractivity contribution >= 4 is 22.0 Å². The molecule has 118 valence electrons. The maximum absolute atomic E-state index is 11.6. The third kappa shape index (κ3) is 5.68. The van der Waals surface area contributed by atoms with Crippen LogP contribution in [0.25, 0.3) is 0 Å². The van der Waals surface area contributed by atoms with Gasteiger partial charge in [-0.25, -0.2) is 4.79 Å². The highest BCUT2D eigenvalue weighted by atomic mass is 79.9. The minimum absolute atomic E-state index is 0.201. The summed E-state index contributed by atoms with van der Waals surface area (Å²) in [5.41, 5.74) is 1.70. The van der Waals surface area contributed by atoms with Crippen molar-refractivity contribution in [1.29, 1.82) is 0 Å². The Labute approximate surface area is 143 Å². The topological polar surface area (TPSA) is 47.6 Å². The van der Waals surface area contributed by atoms with E-state index in [-0.39, 0.29) is 13.2 Å². The van der Waals surface area contributed by atoms with Crippen molar-refractivity contribution in [1.82, 2.24) is 5.32 Å². The van der Waals surface area contributed by atoms with Crippen LogP contribution in [0, 0.1) is 11.8 Å². The SMILES string of the molecule is COc1cc(Br)ccc1C#CCNC(=O)OCc1ccccc1. The van der Waals surface area contributed by atoms with E-state index >= 15 is 0 Å². The molecule has 2 aromatic carbocycles. The van der Waals surface area contributed by atoms with E-state index in [2.05, 4.69) is 33.1 Å². The monoisotopic (exact) mass is 373 g/mol. The molecule has 1 amide bonds. The normalized spacial score (nSPS) is 9.48. The van der Waals surface area contributed by atoms with Gasteiger partial charge in [-0.3, -0.25) is 0 Å². The molecule has 2 aromatic rings. The van der Waals surface area contributed by atoms with Crippen molar-refractivity contribution in [2.75, 3.05) is 13.7 Å². The smallest absolute Gasteiger partial charge is 0.408 e. The largest absolute Gasteiger partial charge is 0.495 e. The predicted molar refractivity (Wildman–Crippen MR) is 92.2 cm³/mol. The second kappa shape index (κ2) is 8.86. The Kier molecular flexibility index (Phi) is 6.52. The summed E-state index contributed by atoms with van der Waals surface area (Å²) in [7, 11) is 1.59. The number of hydrogen-bond acceptors (Lipinski definition) is 3. The zero-order valence-corrected chi connectivity index (χ0v) is 14.2. The molecule has 0 saturated heterocycles. The second-order valence-corrected chi connectivity index (χ2v) is 5.48. The number of hydrogen-bond donors (Lipinski definition) is 1. The van der Waals surface area contributed by atoms with Gasteiger partial charge < -0.3 is 14.8 Å². The molecule has 5 heteroatoms. The van der Waals surface area contributed by atoms with E-state index in [1.807, 2.05) is 48.5 Å². The number of methoxy groups -OCH3 is 1. The molecule has 0 heterocycles. The highest BCUT2D eigenvalue weighted by molar-refractivity contribution is 9.10. The summed E-state index contributed by atoms with van der Waals surface area (Å²) in [4.78, 5) is 11.6. The van der Waals surface area contributed by atoms with Crippen molar-refractivity contribution in [3.05, 3.63) is 64.1 Å². The molecule has 0 radical (unpaired) electrons. The summed E-state index contributed by atoms with van der Waals surface area (Å²) in [6.45, 7) is 0.438. The van der Waals surface area contributed by atoms with Crippen LogP contribution < -0.4 is 10.1 Å². The molecule has 0 aliphatic heterocycles. The summed E-state index contributed by atoms with van der Waals surface area (Å²) in [6, 6.07) is 15.1. The summed E-state index contributed by atoms with van der Waals surface area (Å²) < 4.78 is 11.3. The fraction of sp³-hybridized carbons (Fsp3) is 0.167. The summed E-state index contributed by atoms with van der Waals surface area (Å²) in [5.74, 6) is 6.50. The van der Waals surface area contributed by atoms with Gasteiger partial charge in [-0.05, 0) is 23.8 Å². The molecule has 1 N–H and O–H groups in total. The van der Waals surface area contributed by atoms with Gasteiger partial charge in [0.2, 0.25) is 0 Å². The van der Waals surface area contributed by atoms with Crippen LogP contribution >= 0.6 is 15.9 Å². The molecule has 0 spiro atoms. The molecule has 0 aliphatic rings. The van der Waals surface area contributed by atoms with Gasteiger partial charge in [0.05, 0.1) is 19.2 Å². The van der Waals surface area contributed by atoms with E-state index in [9.17, 15) is 4.79 Å². The fourth-order valence-electron chi connectivity index (χ4n) is 1.80. The maximum Gasteiger partial charge on any atom is 0.408 e. The first-order valence-corrected chi connectivity index (χ1v) is 7.75. The number of rotatable bonds is 4. The predicted octanol–water partition coefficient (Wildman–Crippen LogP) is 3.74. The van der Waals surface area contributed by atoms with Gasteiger partial charge in [-0.2, -0.15) is 0 Å². The van der Waals surface area contributed by atoms with Crippen LogP contribution in [0.1, 0.15) is 11.1 Å². The zero-order valence-electron chi connectivity index (χ0n) is 12.6. The molecule has 0 bridgehead atoms. The van der Waals surface area contributed by atoms with Crippen LogP contribution in [0.3, 0.4) is 0 Å². The maximum atomic E-state index is 11.6. The molecule has 0 atom stereocenters. The van der Waals surface area contributed by atoms with Crippen LogP contribution in [-0.4, -0.2) is 19.7 Å². The van der Waals surface area contributed by atoms with E-state index in [4.69, 9.17) is 9.47 Å². The van der Waals surface area contributed by atoms with Crippen LogP contribution in [0.5, 0.6) is 5.75 Å². The van der Waals surface area contributed by atoms with E-state index < -0.39 is 6.09 Å². The van der Waals surface area contributed by atoms with Gasteiger partial charge in [-0.1, -0.05) is 58.1 Å². The van der Waals surface area contributed by atoms with Gasteiger partial charge in [0.1, 0.15) is 12.4 Å². The highest BCUT2D eigenvalue weighted by Crippen LogP contribution is 2.22. The molecule has 0 aromatic heterocycles. The molecule has 0 saturated carbocycles. The number of ether oxygens (including phenoxy) is 2. The molecular formula is C18H16BrNO3. The minimum Gasteiger partial charge on any atom is -0.495 e. The number of carbonyl (C=O) groups excluding carboxylic acids is 1. The number of halogens is 1. The van der Waals surface area contributed by atoms with Crippen molar-refractivity contribution in [2.24, 2.45) is 0 Å². The Morgan fingerprint density at radius 1 is 1.22 bits per heavy atom. The Hall–Kier alpha value is -2.45. The van der Waals surface area contributed by atoms with E-state index in [1.165, 1.54) is 0 Å². The van der Waals surface area contributed by atoms with E-state index in [0.717, 1.165) is 15.6 Å². The third-order valence-electron chi connectivity index (χ3n) is 2.92. The lowest BCUT2D eigenvalue weighted by Crippen LogP contribution is -2.24. The quantitative estimate of drug-likeness (QED) is 0.830. The molecule has 2 rings (SSSR count). The first kappa shape index (κ1) is 16.9. The molecular weight excluding hydrogens is 358 g/mol. The molecule has 0 aliphatic carbocycles. The van der Waals surface area contributed by atoms with Crippen molar-refractivity contribution < 1.29 is 14.3 Å². The standard InChI is InChI=1S/C18H16BrNO3/c1-22-17-12-16(19)10-9-15(17)8-5-11-20-18(21)23-13-14-6-3-2-4-7-14/h2-4,6-7,9-10,12H,11,13H2,1H3,(H,20,21). The molecule has 4 nitrogen and oxygen atoms in total. The Morgan fingerprint density at radius 3 is 2.74 bits per heavy atom. The first-order valence-electron chi connectivity index (χ1n) is 6.96. The average molecular weight is 374 g/mol. The molecule has 23 heavy (non-hydrogen) atoms. The van der Waals surface area contributed by atoms with Gasteiger partial charge in [0.25, 0.3) is 0 Å². The summed E-state index contributed by atoms with van der Waals surface area (Å²) >= 11 is 3.37. The Bertz CT molecular complexity index is 720. The highest BCUT2D eigenvalue weighted by Gasteiger charge is 2.01. The van der Waals surface area contributed by atoms with Crippen molar-refractivity contribution in [3.63, 3.8) is 0 Å². The minimum atomic E-state index is -0.495. The average Bonchev–Trinajstić information content (AvgIpc) is 2.58. The van der Waals surface area contributed by atoms with E-state index in [1.54, 1.807) is 7.11 Å². The van der Waals surface area contributed by atoms with Gasteiger partial charge in [0, 0.05) is 4.47 Å². The first-order chi connectivity index (χ1) is 11.2. The lowest BCUT2D eigenvalue weighted by atomic mass is 10.2. The Balaban J connectivity index is 1.80. The van der Waals surface area contributed by atoms with Crippen LogP contribution in [-0.2, 0) is 11.3 Å². The second-order valence-electron chi connectivity index (χ2n) is 4.56. The number of carbonyl (C=O) groups is 1. The lowest BCUT2D eigenvalue weighted by molar-refractivity contribution is 0.141. The molecule has 0 fully saturated rings. The van der Waals surface area contributed by atoms with E-state index in [0.29, 0.717) is 5.75 Å². The van der Waals surface area contributed by atoms with Gasteiger partial charge >= 0.3 is 6.09 Å². The summed E-state index contributed by atoms with van der Waals surface area (Å²) in [6.07, 6.45) is -0.495. The van der Waals surface area contributed by atoms with Gasteiger partial charge in [-0.15, -0.1) is 0 Å². The molecule has 0 unspecified atom stereocenters. The fourth-order valence-corrected chi connectivity index (χ4v) is 2.14. The Morgan fingerprint density at radius 2 is 2.00 bits per heavy atom. The third-order valence-corrected chi connectivity index (χ3v) is 3.41. The van der Waals surface area contributed by atoms with Crippen molar-refractivity contribution in [3.8, 4) is 17.6 Å². The number of benzene rings is 2. The van der Waals surface area contributed by atoms with Crippen LogP contribution in [0.2, 0.25) is 0 Å². The number of amides is 1. The van der Waals surface area contributed by atoms with Crippen LogP contribution in [0.15, 0.2) is 53.0 Å². The lowest BCUT2D eigenvalue weighted by Gasteiger charge is -2.05. The zero-order chi connectivity index (χ0) is 16.5. The summed E-state index contributed by atoms with van der Waals surface area (Å²) in [5, 5.41) is 2.59. The number of nitrogens with one attached hydrogen (secondary N) is 1. The van der Waals surface area contributed by atoms with Gasteiger partial charge in [0.15, 0.2) is 0 Å². The van der Waals surface area contributed by atoms with Crippen LogP contribution in [0.4, 0.5) is 4.79 Å². The van der Waals surface area contributed by atoms with Crippen molar-refractivity contribution in [2.45, 2.75) is 6.61 Å².